The zero-order chi connectivity index (χ0) is 32.8. The van der Waals surface area contributed by atoms with Crippen molar-refractivity contribution in [2.75, 3.05) is 25.0 Å². The molecule has 0 fully saturated rings. The first-order chi connectivity index (χ1) is 22.1. The maximum Gasteiger partial charge on any atom is 0.277 e. The number of rotatable bonds is 8. The molecule has 1 atom stereocenters. The van der Waals surface area contributed by atoms with Crippen LogP contribution in [-0.4, -0.2) is 40.2 Å². The molecule has 1 aliphatic rings. The highest BCUT2D eigenvalue weighted by atomic mass is 31.2. The van der Waals surface area contributed by atoms with Crippen LogP contribution in [0.15, 0.2) is 107 Å². The van der Waals surface area contributed by atoms with E-state index in [1.807, 2.05) is 0 Å². The van der Waals surface area contributed by atoms with Gasteiger partial charge < -0.3 is 9.47 Å². The van der Waals surface area contributed by atoms with Crippen LogP contribution >= 0.6 is 7.21 Å². The molecule has 0 saturated heterocycles. The summed E-state index contributed by atoms with van der Waals surface area (Å²) < 4.78 is 9.88. The number of aromatic nitrogens is 1. The Hall–Kier alpha value is -4.52. The molecule has 0 unspecified atom stereocenters. The number of benzene rings is 4. The number of hydrogen-bond donors (Lipinski definition) is 0. The van der Waals surface area contributed by atoms with Crippen LogP contribution in [0.1, 0.15) is 50.5 Å². The SMILES string of the molecule is CCN(CC)[P@@](/C=C1/N(C)c2ccccc2C1(C)C)(=NC(=O)c1ccc([N+](=O)[O-])cc1)c1ccc2c(c1)c1ccccc1n2CC. The summed E-state index contributed by atoms with van der Waals surface area (Å²) in [5.41, 5.74) is 5.70. The van der Waals surface area contributed by atoms with Gasteiger partial charge in [-0.15, -0.1) is 0 Å². The number of aryl methyl sites for hydroxylation is 1. The van der Waals surface area contributed by atoms with Gasteiger partial charge in [-0.3, -0.25) is 19.6 Å². The van der Waals surface area contributed by atoms with Crippen molar-refractivity contribution in [1.82, 2.24) is 9.24 Å². The summed E-state index contributed by atoms with van der Waals surface area (Å²) in [5.74, 6) is 1.89. The molecule has 6 rings (SSSR count). The van der Waals surface area contributed by atoms with E-state index in [9.17, 15) is 14.9 Å². The topological polar surface area (TPSA) is 84.0 Å². The molecule has 0 spiro atoms. The van der Waals surface area contributed by atoms with Crippen molar-refractivity contribution in [3.63, 3.8) is 0 Å². The van der Waals surface area contributed by atoms with Gasteiger partial charge in [0.05, 0.1) is 12.1 Å². The Labute approximate surface area is 270 Å². The van der Waals surface area contributed by atoms with Gasteiger partial charge in [0, 0.05) is 88.3 Å². The molecule has 1 aromatic heterocycles. The molecule has 8 nitrogen and oxygen atoms in total. The molecule has 1 aliphatic heterocycles. The van der Waals surface area contributed by atoms with Gasteiger partial charge in [0.2, 0.25) is 0 Å². The first-order valence-electron chi connectivity index (χ1n) is 15.8. The van der Waals surface area contributed by atoms with E-state index in [1.54, 1.807) is 0 Å². The van der Waals surface area contributed by atoms with Gasteiger partial charge in [-0.25, -0.2) is 4.74 Å². The Kier molecular flexibility index (Phi) is 8.21. The zero-order valence-electron chi connectivity index (χ0n) is 27.3. The summed E-state index contributed by atoms with van der Waals surface area (Å²) in [7, 11) is -0.836. The van der Waals surface area contributed by atoms with Gasteiger partial charge in [-0.05, 0) is 60.8 Å². The van der Waals surface area contributed by atoms with Crippen molar-refractivity contribution in [2.45, 2.75) is 46.6 Å². The van der Waals surface area contributed by atoms with Crippen molar-refractivity contribution >= 4 is 51.6 Å². The van der Waals surface area contributed by atoms with E-state index in [0.29, 0.717) is 18.7 Å². The van der Waals surface area contributed by atoms with Crippen molar-refractivity contribution in [2.24, 2.45) is 4.74 Å². The van der Waals surface area contributed by atoms with E-state index < -0.39 is 12.1 Å². The Morgan fingerprint density at radius 2 is 1.57 bits per heavy atom. The Bertz CT molecular complexity index is 2070. The Morgan fingerprint density at radius 1 is 0.913 bits per heavy atom. The summed E-state index contributed by atoms with van der Waals surface area (Å²) in [4.78, 5) is 27.4. The number of carbonyl (C=O) groups excluding carboxylic acids is 1. The van der Waals surface area contributed by atoms with Crippen LogP contribution < -0.4 is 10.2 Å². The monoisotopic (exact) mass is 633 g/mol. The third-order valence-corrected chi connectivity index (χ3v) is 13.0. The quantitative estimate of drug-likeness (QED) is 0.0968. The maximum atomic E-state index is 14.2. The van der Waals surface area contributed by atoms with Gasteiger partial charge in [0.1, 0.15) is 0 Å². The maximum absolute atomic E-state index is 14.2. The number of likely N-dealkylation sites (N-methyl/N-ethyl adjacent to an activating group) is 1. The fourth-order valence-corrected chi connectivity index (χ4v) is 10.7. The molecule has 2 heterocycles. The average molecular weight is 634 g/mol. The van der Waals surface area contributed by atoms with Crippen molar-refractivity contribution < 1.29 is 9.72 Å². The number of allylic oxidation sites excluding steroid dienone is 1. The van der Waals surface area contributed by atoms with Crippen molar-refractivity contribution in [3.8, 4) is 0 Å². The van der Waals surface area contributed by atoms with Crippen LogP contribution in [0.25, 0.3) is 21.8 Å². The molecule has 0 saturated carbocycles. The first-order valence-corrected chi connectivity index (χ1v) is 17.6. The van der Waals surface area contributed by atoms with E-state index in [2.05, 4.69) is 128 Å². The molecule has 0 N–H and O–H groups in total. The van der Waals surface area contributed by atoms with Crippen LogP contribution in [-0.2, 0) is 12.0 Å². The normalized spacial score (nSPS) is 16.2. The molecular formula is C37H40N5O3P. The number of anilines is 1. The van der Waals surface area contributed by atoms with E-state index >= 15 is 0 Å². The van der Waals surface area contributed by atoms with Crippen LogP contribution in [0.2, 0.25) is 0 Å². The molecule has 0 bridgehead atoms. The van der Waals surface area contributed by atoms with E-state index in [0.717, 1.165) is 34.1 Å². The number of fused-ring (bicyclic) bond motifs is 4. The minimum atomic E-state index is -2.93. The second-order valence-electron chi connectivity index (χ2n) is 12.2. The summed E-state index contributed by atoms with van der Waals surface area (Å²) in [6.07, 6.45) is 0. The van der Waals surface area contributed by atoms with Crippen LogP contribution in [0.4, 0.5) is 11.4 Å². The number of amides is 1. The highest BCUT2D eigenvalue weighted by Crippen LogP contribution is 2.59. The lowest BCUT2D eigenvalue weighted by atomic mass is 9.84. The number of nitro groups is 1. The van der Waals surface area contributed by atoms with Gasteiger partial charge in [0.25, 0.3) is 11.6 Å². The van der Waals surface area contributed by atoms with Crippen molar-refractivity contribution in [1.29, 1.82) is 0 Å². The highest BCUT2D eigenvalue weighted by Gasteiger charge is 2.41. The molecule has 46 heavy (non-hydrogen) atoms. The molecule has 5 aromatic rings. The van der Waals surface area contributed by atoms with Crippen LogP contribution in [0.5, 0.6) is 0 Å². The highest BCUT2D eigenvalue weighted by molar-refractivity contribution is 7.75. The largest absolute Gasteiger partial charge is 0.347 e. The van der Waals surface area contributed by atoms with Gasteiger partial charge in [-0.1, -0.05) is 64.1 Å². The number of nitrogens with zero attached hydrogens (tertiary/aromatic N) is 5. The van der Waals surface area contributed by atoms with E-state index in [-0.39, 0.29) is 17.0 Å². The molecular weight excluding hydrogens is 593 g/mol. The molecule has 0 aliphatic carbocycles. The third kappa shape index (κ3) is 4.97. The standard InChI is InChI=1S/C37H40N5O3P/c1-7-40(8-2)46(38-36(43)26-18-20-27(21-19-26)42(44)45,25-35-37(4,5)31-15-11-13-17-34(31)39(35)6)28-22-23-33-30(24-28)29-14-10-12-16-32(29)41(33)9-3/h10-25H,7-9H2,1-6H3/b35-25+/t46-/m1/s1. The smallest absolute Gasteiger partial charge is 0.277 e. The summed E-state index contributed by atoms with van der Waals surface area (Å²) >= 11 is 0. The minimum absolute atomic E-state index is 0.0617. The molecule has 9 heteroatoms. The lowest BCUT2D eigenvalue weighted by Crippen LogP contribution is -2.29. The van der Waals surface area contributed by atoms with Crippen LogP contribution in [0, 0.1) is 10.1 Å². The first kappa shape index (κ1) is 31.5. The Morgan fingerprint density at radius 3 is 2.22 bits per heavy atom. The third-order valence-electron chi connectivity index (χ3n) is 9.42. The summed E-state index contributed by atoms with van der Waals surface area (Å²) in [5, 5.41) is 14.6. The summed E-state index contributed by atoms with van der Waals surface area (Å²) in [6.45, 7) is 13.0. The predicted molar refractivity (Wildman–Crippen MR) is 190 cm³/mol. The lowest BCUT2D eigenvalue weighted by molar-refractivity contribution is -0.384. The lowest BCUT2D eigenvalue weighted by Gasteiger charge is -2.36. The fourth-order valence-electron chi connectivity index (χ4n) is 7.03. The molecule has 1 amide bonds. The van der Waals surface area contributed by atoms with Gasteiger partial charge in [-0.2, -0.15) is 0 Å². The van der Waals surface area contributed by atoms with E-state index in [1.165, 1.54) is 40.7 Å². The molecule has 0 radical (unpaired) electrons. The molecule has 4 aromatic carbocycles. The number of hydrogen-bond acceptors (Lipinski definition) is 4. The van der Waals surface area contributed by atoms with E-state index in [4.69, 9.17) is 4.74 Å². The predicted octanol–water partition coefficient (Wildman–Crippen LogP) is 8.92. The Balaban J connectivity index is 1.69. The van der Waals surface area contributed by atoms with Crippen molar-refractivity contribution in [3.05, 3.63) is 124 Å². The van der Waals surface area contributed by atoms with Gasteiger partial charge >= 0.3 is 0 Å². The number of nitro benzene ring substituents is 1. The number of non-ortho nitro benzene ring substituents is 1. The molecule has 236 valence electrons. The number of carbonyl (C=O) groups is 1. The summed E-state index contributed by atoms with van der Waals surface area (Å²) in [6, 6.07) is 29.2. The fraction of sp³-hybridized carbons (Fsp3) is 0.270. The van der Waals surface area contributed by atoms with Gasteiger partial charge in [0.15, 0.2) is 0 Å². The number of para-hydroxylation sites is 2. The second-order valence-corrected chi connectivity index (χ2v) is 15.0. The zero-order valence-corrected chi connectivity index (χ0v) is 28.2. The second kappa shape index (κ2) is 12.0. The minimum Gasteiger partial charge on any atom is -0.347 e. The van der Waals surface area contributed by atoms with Crippen LogP contribution in [0.3, 0.4) is 0 Å². The average Bonchev–Trinajstić information content (AvgIpc) is 3.49.